The highest BCUT2D eigenvalue weighted by molar-refractivity contribution is 7.92. The third kappa shape index (κ3) is 4.27. The number of hydrogen-bond acceptors (Lipinski definition) is 4. The van der Waals surface area contributed by atoms with Crippen LogP contribution in [0.4, 0.5) is 5.69 Å². The minimum absolute atomic E-state index is 0.280. The summed E-state index contributed by atoms with van der Waals surface area (Å²) in [4.78, 5) is 11.7. The van der Waals surface area contributed by atoms with Crippen LogP contribution in [0.1, 0.15) is 0 Å². The van der Waals surface area contributed by atoms with Gasteiger partial charge in [-0.3, -0.25) is 9.10 Å². The fraction of sp³-hybridized carbons (Fsp3) is 0.308. The molecule has 0 radical (unpaired) electrons. The van der Waals surface area contributed by atoms with E-state index in [-0.39, 0.29) is 13.1 Å². The molecule has 1 N–H and O–H groups in total. The normalized spacial score (nSPS) is 10.7. The van der Waals surface area contributed by atoms with Crippen molar-refractivity contribution in [3.05, 3.63) is 36.9 Å². The molecule has 110 valence electrons. The zero-order chi connectivity index (χ0) is 15.2. The summed E-state index contributed by atoms with van der Waals surface area (Å²) in [6.45, 7) is 3.45. The molecule has 0 saturated carbocycles. The third-order valence-electron chi connectivity index (χ3n) is 2.48. The highest BCUT2D eigenvalue weighted by atomic mass is 32.2. The number of benzene rings is 1. The van der Waals surface area contributed by atoms with Gasteiger partial charge >= 0.3 is 0 Å². The summed E-state index contributed by atoms with van der Waals surface area (Å²) in [5.74, 6) is -0.0318. The van der Waals surface area contributed by atoms with Gasteiger partial charge in [0.25, 0.3) is 0 Å². The first kappa shape index (κ1) is 16.0. The Labute approximate surface area is 119 Å². The number of para-hydroxylation sites is 2. The van der Waals surface area contributed by atoms with E-state index in [0.717, 1.165) is 10.6 Å². The standard InChI is InChI=1S/C13H18N2O4S/c1-4-9-14-13(16)10-15(20(3,17)18)11-7-5-6-8-12(11)19-2/h4-8H,1,9-10H2,2-3H3,(H,14,16). The van der Waals surface area contributed by atoms with Crippen LogP contribution in [0.25, 0.3) is 0 Å². The largest absolute Gasteiger partial charge is 0.495 e. The highest BCUT2D eigenvalue weighted by Gasteiger charge is 2.23. The number of rotatable bonds is 7. The zero-order valence-corrected chi connectivity index (χ0v) is 12.3. The number of sulfonamides is 1. The van der Waals surface area contributed by atoms with E-state index in [4.69, 9.17) is 4.74 Å². The van der Waals surface area contributed by atoms with E-state index in [2.05, 4.69) is 11.9 Å². The van der Waals surface area contributed by atoms with E-state index < -0.39 is 15.9 Å². The maximum Gasteiger partial charge on any atom is 0.241 e. The van der Waals surface area contributed by atoms with Gasteiger partial charge in [-0.2, -0.15) is 0 Å². The Morgan fingerprint density at radius 1 is 1.45 bits per heavy atom. The Hall–Kier alpha value is -2.02. The Kier molecular flexibility index (Phi) is 5.57. The second-order valence-electron chi connectivity index (χ2n) is 4.03. The molecule has 0 bridgehead atoms. The lowest BCUT2D eigenvalue weighted by molar-refractivity contribution is -0.119. The predicted molar refractivity (Wildman–Crippen MR) is 78.4 cm³/mol. The van der Waals surface area contributed by atoms with Crippen LogP contribution >= 0.6 is 0 Å². The summed E-state index contributed by atoms with van der Waals surface area (Å²) in [6.07, 6.45) is 2.56. The van der Waals surface area contributed by atoms with E-state index in [9.17, 15) is 13.2 Å². The van der Waals surface area contributed by atoms with Crippen molar-refractivity contribution in [2.45, 2.75) is 0 Å². The maximum absolute atomic E-state index is 11.9. The van der Waals surface area contributed by atoms with Gasteiger partial charge in [-0.25, -0.2) is 8.42 Å². The monoisotopic (exact) mass is 298 g/mol. The Bertz CT molecular complexity index is 584. The fourth-order valence-electron chi connectivity index (χ4n) is 1.59. The average molecular weight is 298 g/mol. The number of methoxy groups -OCH3 is 1. The zero-order valence-electron chi connectivity index (χ0n) is 11.5. The van der Waals surface area contributed by atoms with Crippen molar-refractivity contribution in [2.75, 3.05) is 30.8 Å². The fourth-order valence-corrected chi connectivity index (χ4v) is 2.45. The molecule has 1 aromatic rings. The number of carbonyl (C=O) groups excluding carboxylic acids is 1. The third-order valence-corrected chi connectivity index (χ3v) is 3.61. The van der Waals surface area contributed by atoms with Crippen LogP contribution in [-0.2, 0) is 14.8 Å². The summed E-state index contributed by atoms with van der Waals surface area (Å²) < 4.78 is 29.9. The molecular weight excluding hydrogens is 280 g/mol. The number of anilines is 1. The summed E-state index contributed by atoms with van der Waals surface area (Å²) in [5, 5.41) is 2.54. The molecule has 1 rings (SSSR count). The van der Waals surface area contributed by atoms with Gasteiger partial charge in [0.1, 0.15) is 12.3 Å². The highest BCUT2D eigenvalue weighted by Crippen LogP contribution is 2.29. The quantitative estimate of drug-likeness (QED) is 0.754. The molecular formula is C13H18N2O4S. The SMILES string of the molecule is C=CCNC(=O)CN(c1ccccc1OC)S(C)(=O)=O. The Morgan fingerprint density at radius 3 is 2.65 bits per heavy atom. The van der Waals surface area contributed by atoms with Gasteiger partial charge in [0, 0.05) is 6.54 Å². The number of carbonyl (C=O) groups is 1. The van der Waals surface area contributed by atoms with Crippen molar-refractivity contribution in [3.63, 3.8) is 0 Å². The smallest absolute Gasteiger partial charge is 0.241 e. The number of amides is 1. The van der Waals surface area contributed by atoms with Gasteiger partial charge in [0.15, 0.2) is 0 Å². The molecule has 0 unspecified atom stereocenters. The second kappa shape index (κ2) is 6.95. The molecule has 7 heteroatoms. The van der Waals surface area contributed by atoms with Crippen LogP contribution in [0.2, 0.25) is 0 Å². The van der Waals surface area contributed by atoms with Gasteiger partial charge in [-0.05, 0) is 12.1 Å². The lowest BCUT2D eigenvalue weighted by atomic mass is 10.3. The molecule has 0 aromatic heterocycles. The average Bonchev–Trinajstić information content (AvgIpc) is 2.41. The first-order chi connectivity index (χ1) is 9.40. The predicted octanol–water partition coefficient (Wildman–Crippen LogP) is 0.763. The summed E-state index contributed by atoms with van der Waals surface area (Å²) >= 11 is 0. The summed E-state index contributed by atoms with van der Waals surface area (Å²) in [7, 11) is -2.16. The maximum atomic E-state index is 11.9. The van der Waals surface area contributed by atoms with E-state index in [0.29, 0.717) is 11.4 Å². The number of nitrogens with one attached hydrogen (secondary N) is 1. The number of ether oxygens (including phenoxy) is 1. The Balaban J connectivity index is 3.08. The molecule has 0 fully saturated rings. The molecule has 0 saturated heterocycles. The minimum atomic E-state index is -3.60. The van der Waals surface area contributed by atoms with E-state index >= 15 is 0 Å². The number of hydrogen-bond donors (Lipinski definition) is 1. The molecule has 1 amide bonds. The molecule has 6 nitrogen and oxygen atoms in total. The molecule has 0 aliphatic carbocycles. The molecule has 0 atom stereocenters. The first-order valence-electron chi connectivity index (χ1n) is 5.88. The van der Waals surface area contributed by atoms with Crippen LogP contribution in [0, 0.1) is 0 Å². The van der Waals surface area contributed by atoms with Crippen LogP contribution in [0.5, 0.6) is 5.75 Å². The lowest BCUT2D eigenvalue weighted by Gasteiger charge is -2.23. The molecule has 0 heterocycles. The lowest BCUT2D eigenvalue weighted by Crippen LogP contribution is -2.40. The first-order valence-corrected chi connectivity index (χ1v) is 7.73. The van der Waals surface area contributed by atoms with Crippen LogP contribution in [0.3, 0.4) is 0 Å². The minimum Gasteiger partial charge on any atom is -0.495 e. The van der Waals surface area contributed by atoms with Crippen molar-refractivity contribution in [1.29, 1.82) is 0 Å². The molecule has 20 heavy (non-hydrogen) atoms. The van der Waals surface area contributed by atoms with Gasteiger partial charge in [0.05, 0.1) is 19.1 Å². The van der Waals surface area contributed by atoms with Gasteiger partial charge in [-0.1, -0.05) is 18.2 Å². The van der Waals surface area contributed by atoms with Crippen molar-refractivity contribution in [3.8, 4) is 5.75 Å². The van der Waals surface area contributed by atoms with Crippen molar-refractivity contribution < 1.29 is 17.9 Å². The molecule has 1 aromatic carbocycles. The molecule has 0 aliphatic heterocycles. The van der Waals surface area contributed by atoms with E-state index in [1.165, 1.54) is 13.2 Å². The van der Waals surface area contributed by atoms with Gasteiger partial charge < -0.3 is 10.1 Å². The Morgan fingerprint density at radius 2 is 2.10 bits per heavy atom. The van der Waals surface area contributed by atoms with Crippen LogP contribution in [0.15, 0.2) is 36.9 Å². The summed E-state index contributed by atoms with van der Waals surface area (Å²) in [6, 6.07) is 6.62. The molecule has 0 aliphatic rings. The van der Waals surface area contributed by atoms with Crippen LogP contribution < -0.4 is 14.4 Å². The topological polar surface area (TPSA) is 75.7 Å². The van der Waals surface area contributed by atoms with E-state index in [1.54, 1.807) is 24.3 Å². The van der Waals surface area contributed by atoms with Crippen molar-refractivity contribution in [2.24, 2.45) is 0 Å². The molecule has 0 spiro atoms. The second-order valence-corrected chi connectivity index (χ2v) is 5.94. The van der Waals surface area contributed by atoms with Crippen molar-refractivity contribution >= 4 is 21.6 Å². The number of nitrogens with zero attached hydrogens (tertiary/aromatic N) is 1. The van der Waals surface area contributed by atoms with Crippen molar-refractivity contribution in [1.82, 2.24) is 5.32 Å². The van der Waals surface area contributed by atoms with Crippen LogP contribution in [-0.4, -0.2) is 40.8 Å². The van der Waals surface area contributed by atoms with E-state index in [1.807, 2.05) is 0 Å². The summed E-state index contributed by atoms with van der Waals surface area (Å²) in [5.41, 5.74) is 0.325. The van der Waals surface area contributed by atoms with Gasteiger partial charge in [-0.15, -0.1) is 6.58 Å². The van der Waals surface area contributed by atoms with Gasteiger partial charge in [0.2, 0.25) is 15.9 Å².